The Bertz CT molecular complexity index is 565. The smallest absolute Gasteiger partial charge is 0.307 e. The number of carbonyl (C=O) groups is 1. The number of sulfonamides is 1. The molecule has 1 heterocycles. The Morgan fingerprint density at radius 2 is 1.89 bits per heavy atom. The largest absolute Gasteiger partial charge is 0.463 e. The van der Waals surface area contributed by atoms with Crippen molar-refractivity contribution >= 4 is 16.0 Å². The van der Waals surface area contributed by atoms with Gasteiger partial charge in [-0.1, -0.05) is 17.7 Å². The highest BCUT2D eigenvalue weighted by atomic mass is 32.2. The van der Waals surface area contributed by atoms with Gasteiger partial charge in [0.1, 0.15) is 6.10 Å². The molecule has 0 radical (unpaired) electrons. The Kier molecular flexibility index (Phi) is 3.91. The molecular formula is C13H17NO4S. The zero-order valence-corrected chi connectivity index (χ0v) is 11.7. The zero-order valence-electron chi connectivity index (χ0n) is 10.9. The molecule has 1 aromatic rings. The Labute approximate surface area is 113 Å². The molecule has 1 aromatic carbocycles. The van der Waals surface area contributed by atoms with Gasteiger partial charge in [0, 0.05) is 12.5 Å². The normalized spacial score (nSPS) is 24.0. The van der Waals surface area contributed by atoms with Crippen LogP contribution in [0.5, 0.6) is 0 Å². The Morgan fingerprint density at radius 1 is 1.26 bits per heavy atom. The highest BCUT2D eigenvalue weighted by Crippen LogP contribution is 2.18. The number of esters is 1. The molecule has 19 heavy (non-hydrogen) atoms. The third kappa shape index (κ3) is 3.54. The number of carbonyl (C=O) groups excluding carboxylic acids is 1. The van der Waals surface area contributed by atoms with Gasteiger partial charge in [-0.15, -0.1) is 0 Å². The summed E-state index contributed by atoms with van der Waals surface area (Å²) in [7, 11) is -3.58. The standard InChI is InChI=1S/C13H17NO4S/c1-9-3-5-12(6-4-9)19(16,17)14-11-7-10(2)18-13(15)8-11/h3-6,10-11,14H,7-8H2,1-2H3/t10-,11+/m1/s1. The lowest BCUT2D eigenvalue weighted by molar-refractivity contribution is -0.153. The van der Waals surface area contributed by atoms with E-state index in [4.69, 9.17) is 4.74 Å². The van der Waals surface area contributed by atoms with Crippen LogP contribution in [0.2, 0.25) is 0 Å². The van der Waals surface area contributed by atoms with Crippen molar-refractivity contribution in [1.29, 1.82) is 0 Å². The second-order valence-electron chi connectivity index (χ2n) is 4.87. The summed E-state index contributed by atoms with van der Waals surface area (Å²) in [6.45, 7) is 3.65. The van der Waals surface area contributed by atoms with Crippen molar-refractivity contribution in [3.8, 4) is 0 Å². The topological polar surface area (TPSA) is 72.5 Å². The molecule has 104 valence electrons. The summed E-state index contributed by atoms with van der Waals surface area (Å²) in [5.41, 5.74) is 0.994. The highest BCUT2D eigenvalue weighted by molar-refractivity contribution is 7.89. The summed E-state index contributed by atoms with van der Waals surface area (Å²) < 4.78 is 31.9. The van der Waals surface area contributed by atoms with E-state index in [0.29, 0.717) is 6.42 Å². The number of hydrogen-bond acceptors (Lipinski definition) is 4. The van der Waals surface area contributed by atoms with E-state index in [9.17, 15) is 13.2 Å². The van der Waals surface area contributed by atoms with E-state index in [1.54, 1.807) is 31.2 Å². The van der Waals surface area contributed by atoms with Gasteiger partial charge >= 0.3 is 5.97 Å². The lowest BCUT2D eigenvalue weighted by Crippen LogP contribution is -2.43. The van der Waals surface area contributed by atoms with Crippen LogP contribution >= 0.6 is 0 Å². The highest BCUT2D eigenvalue weighted by Gasteiger charge is 2.29. The van der Waals surface area contributed by atoms with Crippen molar-refractivity contribution in [1.82, 2.24) is 4.72 Å². The molecule has 2 atom stereocenters. The van der Waals surface area contributed by atoms with Crippen LogP contribution in [0.25, 0.3) is 0 Å². The first-order valence-electron chi connectivity index (χ1n) is 6.15. The van der Waals surface area contributed by atoms with Gasteiger partial charge in [0.2, 0.25) is 10.0 Å². The van der Waals surface area contributed by atoms with Crippen molar-refractivity contribution in [3.05, 3.63) is 29.8 Å². The van der Waals surface area contributed by atoms with Crippen molar-refractivity contribution in [2.24, 2.45) is 0 Å². The minimum absolute atomic E-state index is 0.0788. The van der Waals surface area contributed by atoms with E-state index in [1.165, 1.54) is 0 Å². The summed E-state index contributed by atoms with van der Waals surface area (Å²) >= 11 is 0. The Hall–Kier alpha value is -1.40. The number of ether oxygens (including phenoxy) is 1. The summed E-state index contributed by atoms with van der Waals surface area (Å²) in [5, 5.41) is 0. The van der Waals surface area contributed by atoms with Crippen molar-refractivity contribution in [3.63, 3.8) is 0 Å². The maximum Gasteiger partial charge on any atom is 0.307 e. The van der Waals surface area contributed by atoms with E-state index >= 15 is 0 Å². The molecular weight excluding hydrogens is 266 g/mol. The molecule has 0 saturated carbocycles. The summed E-state index contributed by atoms with van der Waals surface area (Å²) in [4.78, 5) is 11.5. The van der Waals surface area contributed by atoms with Crippen LogP contribution < -0.4 is 4.72 Å². The van der Waals surface area contributed by atoms with E-state index in [0.717, 1.165) is 5.56 Å². The molecule has 1 aliphatic heterocycles. The molecule has 1 fully saturated rings. The van der Waals surface area contributed by atoms with Crippen molar-refractivity contribution in [2.75, 3.05) is 0 Å². The minimum Gasteiger partial charge on any atom is -0.463 e. The average Bonchev–Trinajstić information content (AvgIpc) is 2.27. The minimum atomic E-state index is -3.58. The third-order valence-corrected chi connectivity index (χ3v) is 4.55. The van der Waals surface area contributed by atoms with Crippen molar-refractivity contribution in [2.45, 2.75) is 43.7 Å². The van der Waals surface area contributed by atoms with Gasteiger partial charge in [-0.25, -0.2) is 13.1 Å². The zero-order chi connectivity index (χ0) is 14.0. The monoisotopic (exact) mass is 283 g/mol. The molecule has 0 unspecified atom stereocenters. The van der Waals surface area contributed by atoms with Crippen LogP contribution in [0.3, 0.4) is 0 Å². The molecule has 1 aliphatic rings. The molecule has 0 spiro atoms. The fourth-order valence-electron chi connectivity index (χ4n) is 2.10. The van der Waals surface area contributed by atoms with Crippen LogP contribution in [0.4, 0.5) is 0 Å². The van der Waals surface area contributed by atoms with Crippen molar-refractivity contribution < 1.29 is 17.9 Å². The molecule has 0 aliphatic carbocycles. The number of nitrogens with one attached hydrogen (secondary N) is 1. The number of aryl methyl sites for hydroxylation is 1. The molecule has 1 N–H and O–H groups in total. The van der Waals surface area contributed by atoms with Crippen LogP contribution in [0.15, 0.2) is 29.2 Å². The lowest BCUT2D eigenvalue weighted by atomic mass is 10.1. The molecule has 0 amide bonds. The van der Waals surface area contributed by atoms with E-state index < -0.39 is 16.1 Å². The van der Waals surface area contributed by atoms with Gasteiger partial charge in [0.15, 0.2) is 0 Å². The maximum atomic E-state index is 12.2. The van der Waals surface area contributed by atoms with Crippen LogP contribution in [-0.2, 0) is 19.6 Å². The second kappa shape index (κ2) is 5.30. The molecule has 1 saturated heterocycles. The fourth-order valence-corrected chi connectivity index (χ4v) is 3.35. The van der Waals surface area contributed by atoms with E-state index in [1.807, 2.05) is 6.92 Å². The lowest BCUT2D eigenvalue weighted by Gasteiger charge is -2.26. The van der Waals surface area contributed by atoms with Gasteiger partial charge in [-0.05, 0) is 26.0 Å². The molecule has 5 nitrogen and oxygen atoms in total. The van der Waals surface area contributed by atoms with Gasteiger partial charge in [-0.2, -0.15) is 0 Å². The van der Waals surface area contributed by atoms with Crippen LogP contribution in [0.1, 0.15) is 25.3 Å². The summed E-state index contributed by atoms with van der Waals surface area (Å²) in [6, 6.07) is 6.20. The quantitative estimate of drug-likeness (QED) is 0.850. The Balaban J connectivity index is 2.13. The summed E-state index contributed by atoms with van der Waals surface area (Å²) in [5.74, 6) is -0.365. The predicted molar refractivity (Wildman–Crippen MR) is 70.1 cm³/mol. The van der Waals surface area contributed by atoms with E-state index in [-0.39, 0.29) is 23.4 Å². The molecule has 2 rings (SSSR count). The predicted octanol–water partition coefficient (Wildman–Crippen LogP) is 1.37. The number of cyclic esters (lactones) is 1. The average molecular weight is 283 g/mol. The number of hydrogen-bond donors (Lipinski definition) is 1. The van der Waals surface area contributed by atoms with Gasteiger partial charge in [0.05, 0.1) is 11.3 Å². The SMILES string of the molecule is Cc1ccc(S(=O)(=O)N[C@@H]2CC(=O)O[C@H](C)C2)cc1. The molecule has 0 bridgehead atoms. The first kappa shape index (κ1) is 14.0. The maximum absolute atomic E-state index is 12.2. The molecule has 6 heteroatoms. The van der Waals surface area contributed by atoms with Gasteiger partial charge in [0.25, 0.3) is 0 Å². The number of benzene rings is 1. The molecule has 0 aromatic heterocycles. The summed E-state index contributed by atoms with van der Waals surface area (Å²) in [6.07, 6.45) is 0.318. The first-order valence-corrected chi connectivity index (χ1v) is 7.63. The Morgan fingerprint density at radius 3 is 2.47 bits per heavy atom. The fraction of sp³-hybridized carbons (Fsp3) is 0.462. The van der Waals surface area contributed by atoms with Crippen LogP contribution in [0, 0.1) is 6.92 Å². The van der Waals surface area contributed by atoms with Gasteiger partial charge < -0.3 is 4.74 Å². The van der Waals surface area contributed by atoms with Crippen LogP contribution in [-0.4, -0.2) is 26.5 Å². The van der Waals surface area contributed by atoms with E-state index in [2.05, 4.69) is 4.72 Å². The first-order chi connectivity index (χ1) is 8.87. The third-order valence-electron chi connectivity index (χ3n) is 3.02. The number of rotatable bonds is 3. The van der Waals surface area contributed by atoms with Gasteiger partial charge in [-0.3, -0.25) is 4.79 Å². The second-order valence-corrected chi connectivity index (χ2v) is 6.59.